The fourth-order valence-electron chi connectivity index (χ4n) is 3.72. The molecule has 7 nitrogen and oxygen atoms in total. The second kappa shape index (κ2) is 8.69. The van der Waals surface area contributed by atoms with E-state index in [4.69, 9.17) is 4.74 Å². The number of carbonyl (C=O) groups is 2. The van der Waals surface area contributed by atoms with Gasteiger partial charge < -0.3 is 20.1 Å². The number of aromatic nitrogens is 1. The summed E-state index contributed by atoms with van der Waals surface area (Å²) in [6.45, 7) is 3.00. The number of halogens is 3. The number of rotatable bonds is 5. The van der Waals surface area contributed by atoms with Gasteiger partial charge in [0.25, 0.3) is 5.91 Å². The van der Waals surface area contributed by atoms with Gasteiger partial charge in [-0.25, -0.2) is 4.98 Å². The molecule has 0 aliphatic carbocycles. The van der Waals surface area contributed by atoms with E-state index in [0.717, 1.165) is 23.3 Å². The van der Waals surface area contributed by atoms with Crippen LogP contribution in [-0.2, 0) is 16.0 Å². The Kier molecular flexibility index (Phi) is 5.90. The van der Waals surface area contributed by atoms with Gasteiger partial charge in [-0.1, -0.05) is 18.2 Å². The number of nitrogens with zero attached hydrogens (tertiary/aromatic N) is 1. The van der Waals surface area contributed by atoms with Gasteiger partial charge in [-0.05, 0) is 48.4 Å². The number of ether oxygens (including phenoxy) is 2. The molecule has 3 aromatic rings. The number of alkyl halides is 3. The third-order valence-corrected chi connectivity index (χ3v) is 5.15. The van der Waals surface area contributed by atoms with E-state index in [1.54, 1.807) is 37.4 Å². The Morgan fingerprint density at radius 3 is 2.47 bits per heavy atom. The van der Waals surface area contributed by atoms with Crippen molar-refractivity contribution < 1.29 is 32.2 Å². The first kappa shape index (κ1) is 23.1. The molecule has 0 radical (unpaired) electrons. The van der Waals surface area contributed by atoms with Crippen LogP contribution in [0.2, 0.25) is 0 Å². The molecule has 2 heterocycles. The van der Waals surface area contributed by atoms with Crippen molar-refractivity contribution in [1.29, 1.82) is 0 Å². The van der Waals surface area contributed by atoms with Crippen molar-refractivity contribution in [2.45, 2.75) is 32.2 Å². The van der Waals surface area contributed by atoms with E-state index in [1.165, 1.54) is 19.1 Å². The molecule has 2 aromatic carbocycles. The normalized spacial score (nSPS) is 16.9. The third-order valence-electron chi connectivity index (χ3n) is 5.15. The zero-order valence-corrected chi connectivity index (χ0v) is 18.2. The van der Waals surface area contributed by atoms with Crippen LogP contribution in [0.4, 0.5) is 24.5 Å². The van der Waals surface area contributed by atoms with Crippen molar-refractivity contribution in [2.75, 3.05) is 10.6 Å². The summed E-state index contributed by atoms with van der Waals surface area (Å²) in [6, 6.07) is 14.0. The van der Waals surface area contributed by atoms with Gasteiger partial charge in [0.15, 0.2) is 5.60 Å². The second-order valence-electron chi connectivity index (χ2n) is 7.94. The van der Waals surface area contributed by atoms with Gasteiger partial charge in [0.2, 0.25) is 11.8 Å². The zero-order valence-electron chi connectivity index (χ0n) is 18.2. The van der Waals surface area contributed by atoms with Crippen LogP contribution in [0.5, 0.6) is 11.6 Å². The van der Waals surface area contributed by atoms with Crippen LogP contribution in [0, 0.1) is 0 Å². The molecular weight excluding hydrogens is 451 g/mol. The summed E-state index contributed by atoms with van der Waals surface area (Å²) in [5.41, 5.74) is 1.69. The summed E-state index contributed by atoms with van der Waals surface area (Å²) in [7, 11) is 0. The maximum absolute atomic E-state index is 13.1. The summed E-state index contributed by atoms with van der Waals surface area (Å²) >= 11 is 0. The SMILES string of the molecule is CC(=O)Nc1cccc(-c2ccnc3c2CC(C)(C(=O)Nc2cccc(OC(F)(F)F)c2)O3)c1. The molecule has 2 amide bonds. The Labute approximate surface area is 192 Å². The average molecular weight is 471 g/mol. The van der Waals surface area contributed by atoms with Crippen molar-refractivity contribution >= 4 is 23.2 Å². The van der Waals surface area contributed by atoms with E-state index in [1.807, 2.05) is 6.07 Å². The molecule has 1 atom stereocenters. The first-order valence-electron chi connectivity index (χ1n) is 10.2. The predicted molar refractivity (Wildman–Crippen MR) is 118 cm³/mol. The van der Waals surface area contributed by atoms with E-state index in [-0.39, 0.29) is 23.9 Å². The van der Waals surface area contributed by atoms with E-state index in [0.29, 0.717) is 11.3 Å². The number of hydrogen-bond acceptors (Lipinski definition) is 5. The molecule has 4 rings (SSSR count). The zero-order chi connectivity index (χ0) is 24.5. The van der Waals surface area contributed by atoms with Crippen molar-refractivity contribution in [3.63, 3.8) is 0 Å². The standard InChI is InChI=1S/C24H20F3N3O4/c1-14(31)29-16-6-3-5-15(11-16)19-9-10-28-21-20(19)13-23(2,34-21)22(32)30-17-7-4-8-18(12-17)33-24(25,26)27/h3-12H,13H2,1-2H3,(H,29,31)(H,30,32). The van der Waals surface area contributed by atoms with E-state index in [2.05, 4.69) is 20.4 Å². The highest BCUT2D eigenvalue weighted by Gasteiger charge is 2.44. The van der Waals surface area contributed by atoms with Crippen molar-refractivity contribution in [3.05, 3.63) is 66.4 Å². The highest BCUT2D eigenvalue weighted by atomic mass is 19.4. The fourth-order valence-corrected chi connectivity index (χ4v) is 3.72. The summed E-state index contributed by atoms with van der Waals surface area (Å²) in [4.78, 5) is 28.7. The number of anilines is 2. The number of benzene rings is 2. The lowest BCUT2D eigenvalue weighted by atomic mass is 9.93. The van der Waals surface area contributed by atoms with Crippen LogP contribution in [-0.4, -0.2) is 28.8 Å². The minimum atomic E-state index is -4.84. The topological polar surface area (TPSA) is 89.6 Å². The van der Waals surface area contributed by atoms with Gasteiger partial charge in [-0.3, -0.25) is 9.59 Å². The highest BCUT2D eigenvalue weighted by Crippen LogP contribution is 2.40. The minimum absolute atomic E-state index is 0.128. The molecule has 0 saturated carbocycles. The third kappa shape index (κ3) is 5.11. The number of fused-ring (bicyclic) bond motifs is 1. The lowest BCUT2D eigenvalue weighted by Gasteiger charge is -2.22. The van der Waals surface area contributed by atoms with Gasteiger partial charge >= 0.3 is 6.36 Å². The quantitative estimate of drug-likeness (QED) is 0.550. The summed E-state index contributed by atoms with van der Waals surface area (Å²) in [6.07, 6.45) is -3.11. The molecule has 1 aliphatic heterocycles. The maximum atomic E-state index is 13.1. The number of nitrogens with one attached hydrogen (secondary N) is 2. The second-order valence-corrected chi connectivity index (χ2v) is 7.94. The first-order chi connectivity index (χ1) is 16.0. The molecule has 0 fully saturated rings. The molecule has 1 unspecified atom stereocenters. The maximum Gasteiger partial charge on any atom is 0.573 e. The molecule has 10 heteroatoms. The molecule has 0 saturated heterocycles. The molecular formula is C24H20F3N3O4. The predicted octanol–water partition coefficient (Wildman–Crippen LogP) is 4.94. The van der Waals surface area contributed by atoms with Gasteiger partial charge in [0.1, 0.15) is 5.75 Å². The van der Waals surface area contributed by atoms with Gasteiger partial charge in [-0.2, -0.15) is 0 Å². The first-order valence-corrected chi connectivity index (χ1v) is 10.2. The molecule has 0 bridgehead atoms. The van der Waals surface area contributed by atoms with Crippen molar-refractivity contribution in [3.8, 4) is 22.8 Å². The van der Waals surface area contributed by atoms with Crippen LogP contribution in [0.15, 0.2) is 60.8 Å². The Hall–Kier alpha value is -4.08. The van der Waals surface area contributed by atoms with Crippen LogP contribution >= 0.6 is 0 Å². The van der Waals surface area contributed by atoms with E-state index >= 15 is 0 Å². The Morgan fingerprint density at radius 1 is 1.06 bits per heavy atom. The number of carbonyl (C=O) groups excluding carboxylic acids is 2. The van der Waals surface area contributed by atoms with Crippen molar-refractivity contribution in [2.24, 2.45) is 0 Å². The molecule has 1 aliphatic rings. The number of pyridine rings is 1. The van der Waals surface area contributed by atoms with E-state index < -0.39 is 23.6 Å². The summed E-state index contributed by atoms with van der Waals surface area (Å²) in [5.74, 6) is -0.912. The van der Waals surface area contributed by atoms with Crippen LogP contribution < -0.4 is 20.1 Å². The lowest BCUT2D eigenvalue weighted by molar-refractivity contribution is -0.274. The molecule has 34 heavy (non-hydrogen) atoms. The molecule has 2 N–H and O–H groups in total. The summed E-state index contributed by atoms with van der Waals surface area (Å²) < 4.78 is 47.3. The van der Waals surface area contributed by atoms with Gasteiger partial charge in [-0.15, -0.1) is 13.2 Å². The lowest BCUT2D eigenvalue weighted by Crippen LogP contribution is -2.44. The van der Waals surface area contributed by atoms with Crippen LogP contribution in [0.1, 0.15) is 19.4 Å². The highest BCUT2D eigenvalue weighted by molar-refractivity contribution is 5.98. The summed E-state index contributed by atoms with van der Waals surface area (Å²) in [5, 5.41) is 5.32. The Morgan fingerprint density at radius 2 is 1.76 bits per heavy atom. The smallest absolute Gasteiger partial charge is 0.461 e. The average Bonchev–Trinajstić information content (AvgIpc) is 3.10. The largest absolute Gasteiger partial charge is 0.573 e. The van der Waals surface area contributed by atoms with Crippen molar-refractivity contribution in [1.82, 2.24) is 4.98 Å². The molecule has 176 valence electrons. The number of hydrogen-bond donors (Lipinski definition) is 2. The van der Waals surface area contributed by atoms with Crippen LogP contribution in [0.25, 0.3) is 11.1 Å². The van der Waals surface area contributed by atoms with Crippen LogP contribution in [0.3, 0.4) is 0 Å². The Balaban J connectivity index is 1.56. The van der Waals surface area contributed by atoms with E-state index in [9.17, 15) is 22.8 Å². The fraction of sp³-hybridized carbons (Fsp3) is 0.208. The van der Waals surface area contributed by atoms with Gasteiger partial charge in [0, 0.05) is 42.5 Å². The van der Waals surface area contributed by atoms with Gasteiger partial charge in [0.05, 0.1) is 0 Å². The Bertz CT molecular complexity index is 1260. The monoisotopic (exact) mass is 471 g/mol. The molecule has 0 spiro atoms. The molecule has 1 aromatic heterocycles. The minimum Gasteiger partial charge on any atom is -0.461 e. The number of amides is 2.